The first-order valence-corrected chi connectivity index (χ1v) is 8.71. The maximum atomic E-state index is 12.5. The molecule has 1 aromatic heterocycles. The Bertz CT molecular complexity index is 529. The number of nitrogens with one attached hydrogen (secondary N) is 1. The van der Waals surface area contributed by atoms with E-state index in [-0.39, 0.29) is 11.8 Å². The normalized spacial score (nSPS) is 23.3. The van der Waals surface area contributed by atoms with E-state index in [1.54, 1.807) is 4.68 Å². The van der Waals surface area contributed by atoms with Gasteiger partial charge in [0.15, 0.2) is 0 Å². The van der Waals surface area contributed by atoms with Crippen molar-refractivity contribution in [1.82, 2.24) is 20.0 Å². The molecule has 23 heavy (non-hydrogen) atoms. The molecule has 6 nitrogen and oxygen atoms in total. The number of rotatable bonds is 5. The number of hydrogen-bond acceptors (Lipinski definition) is 4. The van der Waals surface area contributed by atoms with Crippen LogP contribution in [0.25, 0.3) is 0 Å². The average Bonchev–Trinajstić information content (AvgIpc) is 3.18. The van der Waals surface area contributed by atoms with Gasteiger partial charge in [0.2, 0.25) is 0 Å². The van der Waals surface area contributed by atoms with Gasteiger partial charge in [0.1, 0.15) is 0 Å². The Morgan fingerprint density at radius 2 is 2.13 bits per heavy atom. The van der Waals surface area contributed by atoms with Crippen LogP contribution in [0.1, 0.15) is 47.7 Å². The van der Waals surface area contributed by atoms with E-state index in [9.17, 15) is 4.79 Å². The van der Waals surface area contributed by atoms with E-state index in [1.807, 2.05) is 13.2 Å². The zero-order valence-electron chi connectivity index (χ0n) is 14.3. The molecule has 0 aliphatic carbocycles. The predicted molar refractivity (Wildman–Crippen MR) is 88.6 cm³/mol. The molecule has 0 saturated carbocycles. The number of aryl methyl sites for hydroxylation is 1. The standard InChI is InChI=1S/C17H28N4O2/c1-20-8-4-13(5-9-20)3-7-18-17(22)15-11-21(2)19-16(15)14-6-10-23-12-14/h11,13-14H,3-10,12H2,1-2H3,(H,18,22). The number of aromatic nitrogens is 2. The minimum atomic E-state index is 0.00734. The minimum absolute atomic E-state index is 0.00734. The number of ether oxygens (including phenoxy) is 1. The highest BCUT2D eigenvalue weighted by molar-refractivity contribution is 5.95. The van der Waals surface area contributed by atoms with Crippen molar-refractivity contribution in [3.05, 3.63) is 17.5 Å². The lowest BCUT2D eigenvalue weighted by Crippen LogP contribution is -2.33. The van der Waals surface area contributed by atoms with Crippen molar-refractivity contribution < 1.29 is 9.53 Å². The van der Waals surface area contributed by atoms with Gasteiger partial charge in [-0.25, -0.2) is 0 Å². The molecule has 2 aliphatic rings. The molecule has 1 amide bonds. The topological polar surface area (TPSA) is 59.4 Å². The third kappa shape index (κ3) is 4.12. The molecular formula is C17H28N4O2. The zero-order chi connectivity index (χ0) is 16.2. The summed E-state index contributed by atoms with van der Waals surface area (Å²) in [6.07, 6.45) is 6.33. The molecule has 2 aliphatic heterocycles. The van der Waals surface area contributed by atoms with Crippen molar-refractivity contribution in [1.29, 1.82) is 0 Å². The van der Waals surface area contributed by atoms with Gasteiger partial charge in [0.25, 0.3) is 5.91 Å². The number of carbonyl (C=O) groups excluding carboxylic acids is 1. The van der Waals surface area contributed by atoms with E-state index in [4.69, 9.17) is 4.74 Å². The highest BCUT2D eigenvalue weighted by Gasteiger charge is 2.26. The third-order valence-corrected chi connectivity index (χ3v) is 5.09. The number of nitrogens with zero attached hydrogens (tertiary/aromatic N) is 3. The molecule has 1 atom stereocenters. The largest absolute Gasteiger partial charge is 0.381 e. The van der Waals surface area contributed by atoms with Gasteiger partial charge in [-0.2, -0.15) is 5.10 Å². The lowest BCUT2D eigenvalue weighted by atomic mass is 9.94. The number of piperidine rings is 1. The summed E-state index contributed by atoms with van der Waals surface area (Å²) in [5.41, 5.74) is 1.60. The van der Waals surface area contributed by atoms with Gasteiger partial charge in [0.05, 0.1) is 17.9 Å². The molecule has 6 heteroatoms. The Morgan fingerprint density at radius 3 is 2.83 bits per heavy atom. The summed E-state index contributed by atoms with van der Waals surface area (Å²) in [6.45, 7) is 4.54. The van der Waals surface area contributed by atoms with Crippen LogP contribution in [0.4, 0.5) is 0 Å². The van der Waals surface area contributed by atoms with Gasteiger partial charge in [-0.1, -0.05) is 0 Å². The number of likely N-dealkylation sites (tertiary alicyclic amines) is 1. The highest BCUT2D eigenvalue weighted by atomic mass is 16.5. The van der Waals surface area contributed by atoms with Gasteiger partial charge in [-0.3, -0.25) is 9.48 Å². The van der Waals surface area contributed by atoms with E-state index < -0.39 is 0 Å². The quantitative estimate of drug-likeness (QED) is 0.890. The van der Waals surface area contributed by atoms with Crippen LogP contribution in [0.5, 0.6) is 0 Å². The molecule has 2 saturated heterocycles. The van der Waals surface area contributed by atoms with Gasteiger partial charge in [-0.05, 0) is 51.7 Å². The molecule has 0 bridgehead atoms. The van der Waals surface area contributed by atoms with Crippen molar-refractivity contribution in [2.75, 3.05) is 39.9 Å². The third-order valence-electron chi connectivity index (χ3n) is 5.09. The number of carbonyl (C=O) groups is 1. The predicted octanol–water partition coefficient (Wildman–Crippen LogP) is 1.39. The fraction of sp³-hybridized carbons (Fsp3) is 0.765. The van der Waals surface area contributed by atoms with E-state index in [1.165, 1.54) is 25.9 Å². The van der Waals surface area contributed by atoms with Gasteiger partial charge < -0.3 is 15.0 Å². The van der Waals surface area contributed by atoms with E-state index in [2.05, 4.69) is 22.4 Å². The van der Waals surface area contributed by atoms with Crippen LogP contribution in [-0.2, 0) is 11.8 Å². The smallest absolute Gasteiger partial charge is 0.254 e. The van der Waals surface area contributed by atoms with Crippen molar-refractivity contribution in [2.45, 2.75) is 31.6 Å². The Kier molecular flexibility index (Phi) is 5.33. The van der Waals surface area contributed by atoms with Crippen LogP contribution < -0.4 is 5.32 Å². The molecular weight excluding hydrogens is 292 g/mol. The zero-order valence-corrected chi connectivity index (χ0v) is 14.3. The van der Waals surface area contributed by atoms with Crippen molar-refractivity contribution in [3.63, 3.8) is 0 Å². The molecule has 1 N–H and O–H groups in total. The second kappa shape index (κ2) is 7.45. The molecule has 1 aromatic rings. The van der Waals surface area contributed by atoms with Crippen LogP contribution in [0.2, 0.25) is 0 Å². The summed E-state index contributed by atoms with van der Waals surface area (Å²) in [5.74, 6) is 1.00. The van der Waals surface area contributed by atoms with E-state index in [0.717, 1.165) is 37.6 Å². The van der Waals surface area contributed by atoms with Crippen LogP contribution in [0.15, 0.2) is 6.20 Å². The summed E-state index contributed by atoms with van der Waals surface area (Å²) in [6, 6.07) is 0. The van der Waals surface area contributed by atoms with Gasteiger partial charge >= 0.3 is 0 Å². The summed E-state index contributed by atoms with van der Waals surface area (Å²) < 4.78 is 7.18. The average molecular weight is 320 g/mol. The molecule has 0 spiro atoms. The lowest BCUT2D eigenvalue weighted by molar-refractivity contribution is 0.0947. The number of amides is 1. The lowest BCUT2D eigenvalue weighted by Gasteiger charge is -2.28. The summed E-state index contributed by atoms with van der Waals surface area (Å²) in [5, 5.41) is 7.58. The van der Waals surface area contributed by atoms with Crippen molar-refractivity contribution in [3.8, 4) is 0 Å². The molecule has 0 aromatic carbocycles. The molecule has 2 fully saturated rings. The monoisotopic (exact) mass is 320 g/mol. The van der Waals surface area contributed by atoms with Crippen LogP contribution in [0, 0.1) is 5.92 Å². The fourth-order valence-electron chi connectivity index (χ4n) is 3.57. The molecule has 3 heterocycles. The Hall–Kier alpha value is -1.40. The van der Waals surface area contributed by atoms with Crippen LogP contribution in [-0.4, -0.2) is 60.5 Å². The summed E-state index contributed by atoms with van der Waals surface area (Å²) >= 11 is 0. The van der Waals surface area contributed by atoms with Crippen LogP contribution >= 0.6 is 0 Å². The maximum absolute atomic E-state index is 12.5. The van der Waals surface area contributed by atoms with Gasteiger partial charge in [0, 0.05) is 32.3 Å². The minimum Gasteiger partial charge on any atom is -0.381 e. The summed E-state index contributed by atoms with van der Waals surface area (Å²) in [4.78, 5) is 14.9. The number of hydrogen-bond donors (Lipinski definition) is 1. The fourth-order valence-corrected chi connectivity index (χ4v) is 3.57. The van der Waals surface area contributed by atoms with Gasteiger partial charge in [-0.15, -0.1) is 0 Å². The second-order valence-electron chi connectivity index (χ2n) is 6.95. The SMILES string of the molecule is CN1CCC(CCNC(=O)c2cn(C)nc2C2CCOC2)CC1. The second-order valence-corrected chi connectivity index (χ2v) is 6.95. The molecule has 3 rings (SSSR count). The molecule has 1 unspecified atom stereocenters. The van der Waals surface area contributed by atoms with Crippen molar-refractivity contribution >= 4 is 5.91 Å². The Morgan fingerprint density at radius 1 is 1.35 bits per heavy atom. The first-order valence-electron chi connectivity index (χ1n) is 8.71. The maximum Gasteiger partial charge on any atom is 0.254 e. The highest BCUT2D eigenvalue weighted by Crippen LogP contribution is 2.26. The van der Waals surface area contributed by atoms with E-state index in [0.29, 0.717) is 12.2 Å². The first kappa shape index (κ1) is 16.5. The Balaban J connectivity index is 1.52. The van der Waals surface area contributed by atoms with Crippen molar-refractivity contribution in [2.24, 2.45) is 13.0 Å². The van der Waals surface area contributed by atoms with E-state index >= 15 is 0 Å². The molecule has 0 radical (unpaired) electrons. The molecule has 128 valence electrons. The first-order chi connectivity index (χ1) is 11.1. The Labute approximate surface area is 138 Å². The summed E-state index contributed by atoms with van der Waals surface area (Å²) in [7, 11) is 4.04. The van der Waals surface area contributed by atoms with Crippen LogP contribution in [0.3, 0.4) is 0 Å².